The molecule has 1 aromatic carbocycles. The summed E-state index contributed by atoms with van der Waals surface area (Å²) in [6.07, 6.45) is 0.373. The summed E-state index contributed by atoms with van der Waals surface area (Å²) < 4.78 is 13.2. The Morgan fingerprint density at radius 3 is 2.89 bits per heavy atom. The Labute approximate surface area is 113 Å². The number of hydrogen-bond acceptors (Lipinski definition) is 3. The van der Waals surface area contributed by atoms with Gasteiger partial charge in [-0.2, -0.15) is 0 Å². The number of fused-ring (bicyclic) bond motifs is 1. The third-order valence-electron chi connectivity index (χ3n) is 3.15. The summed E-state index contributed by atoms with van der Waals surface area (Å²) in [4.78, 5) is 15.3. The van der Waals surface area contributed by atoms with E-state index in [0.29, 0.717) is 34.5 Å². The van der Waals surface area contributed by atoms with E-state index >= 15 is 0 Å². The van der Waals surface area contributed by atoms with Crippen molar-refractivity contribution >= 4 is 35.0 Å². The number of halogens is 1. The quantitative estimate of drug-likeness (QED) is 0.605. The number of hydrogen-bond donors (Lipinski definition) is 4. The monoisotopic (exact) mass is 278 g/mol. The van der Waals surface area contributed by atoms with Crippen molar-refractivity contribution in [3.63, 3.8) is 0 Å². The van der Waals surface area contributed by atoms with Crippen LogP contribution in [0.25, 0.3) is 16.5 Å². The van der Waals surface area contributed by atoms with Gasteiger partial charge in [-0.25, -0.2) is 4.39 Å². The van der Waals surface area contributed by atoms with Gasteiger partial charge < -0.3 is 15.4 Å². The number of amides is 1. The van der Waals surface area contributed by atoms with Crippen molar-refractivity contribution in [2.24, 2.45) is 0 Å². The summed E-state index contributed by atoms with van der Waals surface area (Å²) in [5.74, 6) is -0.711. The number of benzene rings is 1. The van der Waals surface area contributed by atoms with Crippen LogP contribution in [-0.2, 0) is 4.79 Å². The van der Waals surface area contributed by atoms with E-state index in [1.165, 1.54) is 12.1 Å². The van der Waals surface area contributed by atoms with Gasteiger partial charge in [-0.15, -0.1) is 12.6 Å². The van der Waals surface area contributed by atoms with E-state index < -0.39 is 0 Å². The minimum Gasteiger partial charge on any atom is -0.511 e. The lowest BCUT2D eigenvalue weighted by molar-refractivity contribution is -0.116. The molecule has 1 aliphatic rings. The van der Waals surface area contributed by atoms with E-state index in [-0.39, 0.29) is 23.1 Å². The van der Waals surface area contributed by atoms with Crippen molar-refractivity contribution in [3.8, 4) is 0 Å². The Bertz CT molecular complexity index is 721. The molecule has 0 radical (unpaired) electrons. The Hall–Kier alpha value is -1.95. The summed E-state index contributed by atoms with van der Waals surface area (Å²) >= 11 is 4.36. The third kappa shape index (κ3) is 1.88. The molecule has 0 aliphatic carbocycles. The number of aromatic amines is 1. The molecule has 6 heteroatoms. The zero-order valence-electron chi connectivity index (χ0n) is 9.83. The van der Waals surface area contributed by atoms with E-state index in [9.17, 15) is 14.3 Å². The van der Waals surface area contributed by atoms with Crippen molar-refractivity contribution in [3.05, 3.63) is 35.5 Å². The number of aliphatic hydroxyl groups excluding tert-OH is 1. The average molecular weight is 278 g/mol. The highest BCUT2D eigenvalue weighted by atomic mass is 32.1. The van der Waals surface area contributed by atoms with E-state index in [2.05, 4.69) is 22.9 Å². The molecule has 0 fully saturated rings. The summed E-state index contributed by atoms with van der Waals surface area (Å²) in [6, 6.07) is 4.25. The molecule has 1 amide bonds. The summed E-state index contributed by atoms with van der Waals surface area (Å²) in [7, 11) is 0. The second kappa shape index (κ2) is 4.31. The molecule has 0 saturated heterocycles. The van der Waals surface area contributed by atoms with Gasteiger partial charge in [-0.05, 0) is 18.2 Å². The molecule has 0 atom stereocenters. The van der Waals surface area contributed by atoms with Crippen molar-refractivity contribution in [2.45, 2.75) is 11.3 Å². The van der Waals surface area contributed by atoms with Gasteiger partial charge in [0.1, 0.15) is 17.1 Å². The Kier molecular flexibility index (Phi) is 2.74. The van der Waals surface area contributed by atoms with Gasteiger partial charge in [-0.3, -0.25) is 4.79 Å². The predicted octanol–water partition coefficient (Wildman–Crippen LogP) is 2.38. The number of nitrogens with one attached hydrogen (secondary N) is 2. The Morgan fingerprint density at radius 1 is 1.37 bits per heavy atom. The minimum absolute atomic E-state index is 0.0195. The number of rotatable bonds is 1. The molecule has 3 rings (SSSR count). The van der Waals surface area contributed by atoms with Gasteiger partial charge >= 0.3 is 0 Å². The second-order valence-electron chi connectivity index (χ2n) is 4.37. The Morgan fingerprint density at radius 2 is 2.16 bits per heavy atom. The van der Waals surface area contributed by atoms with Crippen LogP contribution in [0.15, 0.2) is 28.9 Å². The Balaban J connectivity index is 2.26. The molecule has 1 aromatic heterocycles. The normalized spacial score (nSPS) is 16.0. The predicted molar refractivity (Wildman–Crippen MR) is 72.7 cm³/mol. The molecular weight excluding hydrogens is 267 g/mol. The number of aliphatic hydroxyl groups is 1. The molecule has 2 aromatic rings. The minimum atomic E-state index is -0.375. The molecule has 0 bridgehead atoms. The lowest BCUT2D eigenvalue weighted by Gasteiger charge is -2.16. The van der Waals surface area contributed by atoms with E-state index in [1.54, 1.807) is 6.07 Å². The van der Waals surface area contributed by atoms with Crippen molar-refractivity contribution in [2.75, 3.05) is 6.54 Å². The van der Waals surface area contributed by atoms with Crippen LogP contribution in [0.3, 0.4) is 0 Å². The first-order valence-electron chi connectivity index (χ1n) is 5.79. The number of carbonyl (C=O) groups excluding carboxylic acids is 1. The third-order valence-corrected chi connectivity index (χ3v) is 3.61. The first-order valence-corrected chi connectivity index (χ1v) is 6.23. The van der Waals surface area contributed by atoms with Gasteiger partial charge in [0.2, 0.25) is 0 Å². The topological polar surface area (TPSA) is 65.1 Å². The van der Waals surface area contributed by atoms with Crippen LogP contribution >= 0.6 is 12.6 Å². The van der Waals surface area contributed by atoms with Gasteiger partial charge in [0.25, 0.3) is 5.91 Å². The highest BCUT2D eigenvalue weighted by Crippen LogP contribution is 2.33. The maximum absolute atomic E-state index is 13.2. The maximum atomic E-state index is 13.2. The summed E-state index contributed by atoms with van der Waals surface area (Å²) in [5, 5.41) is 13.3. The SMILES string of the molecule is O=C1NCCC(O)=C1c1[nH]c2cc(F)ccc2c1S. The van der Waals surface area contributed by atoms with E-state index in [4.69, 9.17) is 0 Å². The zero-order chi connectivity index (χ0) is 13.6. The molecule has 0 unspecified atom stereocenters. The number of aromatic nitrogens is 1. The summed E-state index contributed by atoms with van der Waals surface area (Å²) in [5.41, 5.74) is 1.13. The van der Waals surface area contributed by atoms with Crippen molar-refractivity contribution < 1.29 is 14.3 Å². The molecule has 98 valence electrons. The van der Waals surface area contributed by atoms with Crippen LogP contribution in [0.5, 0.6) is 0 Å². The van der Waals surface area contributed by atoms with Gasteiger partial charge in [-0.1, -0.05) is 0 Å². The van der Waals surface area contributed by atoms with Crippen LogP contribution in [0.4, 0.5) is 4.39 Å². The fourth-order valence-corrected chi connectivity index (χ4v) is 2.60. The molecule has 0 saturated carbocycles. The fourth-order valence-electron chi connectivity index (χ4n) is 2.23. The number of carbonyl (C=O) groups is 1. The number of H-pyrrole nitrogens is 1. The highest BCUT2D eigenvalue weighted by molar-refractivity contribution is 7.80. The molecular formula is C13H11FN2O2S. The van der Waals surface area contributed by atoms with Crippen LogP contribution in [0.1, 0.15) is 12.1 Å². The molecule has 0 spiro atoms. The smallest absolute Gasteiger partial charge is 0.256 e. The highest BCUT2D eigenvalue weighted by Gasteiger charge is 2.25. The summed E-state index contributed by atoms with van der Waals surface area (Å²) in [6.45, 7) is 0.408. The second-order valence-corrected chi connectivity index (χ2v) is 4.81. The largest absolute Gasteiger partial charge is 0.511 e. The molecule has 2 heterocycles. The van der Waals surface area contributed by atoms with Gasteiger partial charge in [0, 0.05) is 28.8 Å². The lowest BCUT2D eigenvalue weighted by atomic mass is 10.1. The first kappa shape index (κ1) is 12.1. The van der Waals surface area contributed by atoms with Crippen LogP contribution in [0.2, 0.25) is 0 Å². The molecule has 4 nitrogen and oxygen atoms in total. The fraction of sp³-hybridized carbons (Fsp3) is 0.154. The van der Waals surface area contributed by atoms with Crippen LogP contribution in [-0.4, -0.2) is 22.5 Å². The van der Waals surface area contributed by atoms with Gasteiger partial charge in [0.05, 0.1) is 5.69 Å². The molecule has 1 aliphatic heterocycles. The van der Waals surface area contributed by atoms with Crippen molar-refractivity contribution in [1.82, 2.24) is 10.3 Å². The van der Waals surface area contributed by atoms with Crippen LogP contribution < -0.4 is 5.32 Å². The van der Waals surface area contributed by atoms with E-state index in [0.717, 1.165) is 0 Å². The zero-order valence-corrected chi connectivity index (χ0v) is 10.7. The first-order chi connectivity index (χ1) is 9.08. The van der Waals surface area contributed by atoms with Crippen molar-refractivity contribution in [1.29, 1.82) is 0 Å². The average Bonchev–Trinajstić information content (AvgIpc) is 2.66. The standard InChI is InChI=1S/C13H11FN2O2S/c14-6-1-2-7-8(5-6)16-11(12(7)19)10-9(17)3-4-15-13(10)18/h1-2,5,16-17,19H,3-4H2,(H,15,18). The number of thiol groups is 1. The van der Waals surface area contributed by atoms with Crippen LogP contribution in [0, 0.1) is 5.82 Å². The lowest BCUT2D eigenvalue weighted by Crippen LogP contribution is -2.31. The van der Waals surface area contributed by atoms with E-state index in [1.807, 2.05) is 0 Å². The maximum Gasteiger partial charge on any atom is 0.256 e. The van der Waals surface area contributed by atoms with Gasteiger partial charge in [0.15, 0.2) is 0 Å². The molecule has 19 heavy (non-hydrogen) atoms. The molecule has 3 N–H and O–H groups in total.